The summed E-state index contributed by atoms with van der Waals surface area (Å²) in [6.07, 6.45) is 0. The molecule has 0 aliphatic heterocycles. The zero-order valence-corrected chi connectivity index (χ0v) is 16.6. The van der Waals surface area contributed by atoms with Gasteiger partial charge in [0.1, 0.15) is 11.4 Å². The topological polar surface area (TPSA) is 68.5 Å². The molecule has 6 nitrogen and oxygen atoms in total. The molecule has 1 amide bonds. The van der Waals surface area contributed by atoms with E-state index < -0.39 is 0 Å². The Bertz CT molecular complexity index is 1150. The van der Waals surface area contributed by atoms with Gasteiger partial charge in [-0.1, -0.05) is 30.3 Å². The number of aromatic nitrogens is 3. The lowest BCUT2D eigenvalue weighted by Gasteiger charge is -2.11. The van der Waals surface area contributed by atoms with Crippen LogP contribution in [-0.2, 0) is 0 Å². The van der Waals surface area contributed by atoms with Crippen LogP contribution in [0.4, 0.5) is 0 Å². The van der Waals surface area contributed by atoms with Crippen molar-refractivity contribution in [2.45, 2.75) is 19.9 Å². The number of benzene rings is 2. The molecule has 0 radical (unpaired) electrons. The van der Waals surface area contributed by atoms with E-state index >= 15 is 0 Å². The number of hydrogen-bond acceptors (Lipinski definition) is 4. The van der Waals surface area contributed by atoms with E-state index in [9.17, 15) is 4.79 Å². The second-order valence-corrected chi connectivity index (χ2v) is 7.05. The monoisotopic (exact) mass is 386 g/mol. The number of nitrogens with one attached hydrogen (secondary N) is 1. The Morgan fingerprint density at radius 2 is 1.66 bits per heavy atom. The molecule has 0 saturated heterocycles. The van der Waals surface area contributed by atoms with Gasteiger partial charge in [0, 0.05) is 23.2 Å². The number of rotatable bonds is 5. The van der Waals surface area contributed by atoms with Crippen molar-refractivity contribution in [2.75, 3.05) is 7.11 Å². The average Bonchev–Trinajstić information content (AvgIpc) is 3.17. The van der Waals surface area contributed by atoms with E-state index in [2.05, 4.69) is 10.4 Å². The molecule has 2 aromatic heterocycles. The molecule has 0 aliphatic carbocycles. The summed E-state index contributed by atoms with van der Waals surface area (Å²) in [6, 6.07) is 21.1. The largest absolute Gasteiger partial charge is 0.497 e. The minimum Gasteiger partial charge on any atom is -0.497 e. The van der Waals surface area contributed by atoms with Gasteiger partial charge in [0.2, 0.25) is 0 Å². The first-order valence-electron chi connectivity index (χ1n) is 9.46. The second-order valence-electron chi connectivity index (χ2n) is 7.05. The van der Waals surface area contributed by atoms with Crippen LogP contribution in [0.2, 0.25) is 0 Å². The van der Waals surface area contributed by atoms with Crippen molar-refractivity contribution in [1.29, 1.82) is 0 Å². The van der Waals surface area contributed by atoms with Crippen molar-refractivity contribution < 1.29 is 9.53 Å². The van der Waals surface area contributed by atoms with Crippen LogP contribution in [0.3, 0.4) is 0 Å². The molecule has 0 spiro atoms. The predicted molar refractivity (Wildman–Crippen MR) is 113 cm³/mol. The quantitative estimate of drug-likeness (QED) is 0.558. The lowest BCUT2D eigenvalue weighted by molar-refractivity contribution is 0.0935. The van der Waals surface area contributed by atoms with Gasteiger partial charge >= 0.3 is 0 Å². The van der Waals surface area contributed by atoms with Gasteiger partial charge in [-0.15, -0.1) is 0 Å². The van der Waals surface area contributed by atoms with Crippen molar-refractivity contribution in [3.8, 4) is 28.3 Å². The first-order valence-corrected chi connectivity index (χ1v) is 9.46. The van der Waals surface area contributed by atoms with Crippen LogP contribution in [0.5, 0.6) is 5.75 Å². The highest BCUT2D eigenvalue weighted by Gasteiger charge is 2.17. The van der Waals surface area contributed by atoms with E-state index in [1.54, 1.807) is 17.7 Å². The van der Waals surface area contributed by atoms with Crippen LogP contribution < -0.4 is 10.1 Å². The molecule has 0 unspecified atom stereocenters. The summed E-state index contributed by atoms with van der Waals surface area (Å²) in [5, 5.41) is 7.60. The summed E-state index contributed by atoms with van der Waals surface area (Å²) in [4.78, 5) is 17.6. The summed E-state index contributed by atoms with van der Waals surface area (Å²) in [5.41, 5.74) is 4.40. The number of carbonyl (C=O) groups excluding carboxylic acids is 1. The molecule has 146 valence electrons. The molecule has 0 fully saturated rings. The first kappa shape index (κ1) is 18.7. The number of methoxy groups -OCH3 is 1. The van der Waals surface area contributed by atoms with E-state index in [4.69, 9.17) is 9.72 Å². The van der Waals surface area contributed by atoms with Crippen LogP contribution >= 0.6 is 0 Å². The predicted octanol–water partition coefficient (Wildman–Crippen LogP) is 4.21. The van der Waals surface area contributed by atoms with E-state index in [-0.39, 0.29) is 11.9 Å². The highest BCUT2D eigenvalue weighted by molar-refractivity contribution is 5.94. The van der Waals surface area contributed by atoms with Crippen LogP contribution in [-0.4, -0.2) is 33.7 Å². The normalized spacial score (nSPS) is 11.0. The van der Waals surface area contributed by atoms with Crippen molar-refractivity contribution in [3.05, 3.63) is 72.4 Å². The van der Waals surface area contributed by atoms with Crippen LogP contribution in [0.15, 0.2) is 66.7 Å². The number of carbonyl (C=O) groups is 1. The third kappa shape index (κ3) is 3.82. The number of amides is 1. The van der Waals surface area contributed by atoms with E-state index in [1.807, 2.05) is 74.5 Å². The fraction of sp³-hybridized carbons (Fsp3) is 0.174. The van der Waals surface area contributed by atoms with Gasteiger partial charge in [-0.3, -0.25) is 4.79 Å². The minimum atomic E-state index is -0.190. The number of ether oxygens (including phenoxy) is 1. The molecular weight excluding hydrogens is 364 g/mol. The molecule has 0 aliphatic rings. The molecule has 0 bridgehead atoms. The Kier molecular flexibility index (Phi) is 4.99. The first-order chi connectivity index (χ1) is 14.0. The van der Waals surface area contributed by atoms with Gasteiger partial charge in [0.25, 0.3) is 5.91 Å². The van der Waals surface area contributed by atoms with Crippen LogP contribution in [0.1, 0.15) is 24.3 Å². The highest BCUT2D eigenvalue weighted by atomic mass is 16.5. The maximum absolute atomic E-state index is 12.9. The van der Waals surface area contributed by atoms with Gasteiger partial charge in [0.05, 0.1) is 18.5 Å². The zero-order valence-electron chi connectivity index (χ0n) is 16.6. The van der Waals surface area contributed by atoms with Gasteiger partial charge in [0.15, 0.2) is 5.65 Å². The van der Waals surface area contributed by atoms with E-state index in [1.165, 1.54) is 0 Å². The fourth-order valence-corrected chi connectivity index (χ4v) is 3.13. The molecular formula is C23H22N4O2. The van der Waals surface area contributed by atoms with E-state index in [0.29, 0.717) is 17.0 Å². The van der Waals surface area contributed by atoms with Gasteiger partial charge in [-0.05, 0) is 44.2 Å². The SMILES string of the molecule is COc1ccc(-c2cc(C(=O)NC(C)C)n3nc(-c4ccccc4)cc3n2)cc1. The number of fused-ring (bicyclic) bond motifs is 1. The third-order valence-electron chi connectivity index (χ3n) is 4.53. The average molecular weight is 386 g/mol. The Morgan fingerprint density at radius 1 is 0.966 bits per heavy atom. The van der Waals surface area contributed by atoms with Crippen LogP contribution in [0.25, 0.3) is 28.2 Å². The molecule has 29 heavy (non-hydrogen) atoms. The van der Waals surface area contributed by atoms with Crippen molar-refractivity contribution >= 4 is 11.6 Å². The maximum atomic E-state index is 12.9. The smallest absolute Gasteiger partial charge is 0.270 e. The highest BCUT2D eigenvalue weighted by Crippen LogP contribution is 2.25. The second kappa shape index (κ2) is 7.75. The maximum Gasteiger partial charge on any atom is 0.270 e. The van der Waals surface area contributed by atoms with Gasteiger partial charge in [-0.25, -0.2) is 9.50 Å². The molecule has 6 heteroatoms. The summed E-state index contributed by atoms with van der Waals surface area (Å²) < 4.78 is 6.84. The van der Waals surface area contributed by atoms with Gasteiger partial charge < -0.3 is 10.1 Å². The summed E-state index contributed by atoms with van der Waals surface area (Å²) in [6.45, 7) is 3.86. The third-order valence-corrected chi connectivity index (χ3v) is 4.53. The molecule has 0 atom stereocenters. The van der Waals surface area contributed by atoms with Gasteiger partial charge in [-0.2, -0.15) is 5.10 Å². The van der Waals surface area contributed by atoms with Crippen molar-refractivity contribution in [3.63, 3.8) is 0 Å². The Morgan fingerprint density at radius 3 is 2.31 bits per heavy atom. The molecule has 2 heterocycles. The van der Waals surface area contributed by atoms with Crippen molar-refractivity contribution in [1.82, 2.24) is 19.9 Å². The summed E-state index contributed by atoms with van der Waals surface area (Å²) >= 11 is 0. The molecule has 1 N–H and O–H groups in total. The fourth-order valence-electron chi connectivity index (χ4n) is 3.13. The lowest BCUT2D eigenvalue weighted by Crippen LogP contribution is -2.31. The molecule has 0 saturated carbocycles. The summed E-state index contributed by atoms with van der Waals surface area (Å²) in [5.74, 6) is 0.577. The van der Waals surface area contributed by atoms with Crippen LogP contribution in [0, 0.1) is 0 Å². The Hall–Kier alpha value is -3.67. The minimum absolute atomic E-state index is 0.0132. The number of hydrogen-bond donors (Lipinski definition) is 1. The van der Waals surface area contributed by atoms with E-state index in [0.717, 1.165) is 22.6 Å². The number of nitrogens with zero attached hydrogens (tertiary/aromatic N) is 3. The Balaban J connectivity index is 1.87. The Labute approximate surface area is 169 Å². The summed E-state index contributed by atoms with van der Waals surface area (Å²) in [7, 11) is 1.63. The molecule has 2 aromatic carbocycles. The molecule has 4 aromatic rings. The molecule has 4 rings (SSSR count). The zero-order chi connectivity index (χ0) is 20.4. The standard InChI is InChI=1S/C23H22N4O2/c1-15(2)24-23(28)21-13-19(17-9-11-18(29-3)12-10-17)25-22-14-20(26-27(21)22)16-7-5-4-6-8-16/h4-15H,1-3H3,(H,24,28). The van der Waals surface area contributed by atoms with Crippen molar-refractivity contribution in [2.24, 2.45) is 0 Å². The lowest BCUT2D eigenvalue weighted by atomic mass is 10.1.